The van der Waals surface area contributed by atoms with Crippen molar-refractivity contribution in [2.75, 3.05) is 24.1 Å². The third-order valence-electron chi connectivity index (χ3n) is 2.08. The highest BCUT2D eigenvalue weighted by Gasteiger charge is 2.10. The van der Waals surface area contributed by atoms with Crippen LogP contribution in [-0.2, 0) is 4.79 Å². The maximum Gasteiger partial charge on any atom is 0.239 e. The van der Waals surface area contributed by atoms with Crippen molar-refractivity contribution in [1.29, 1.82) is 0 Å². The number of nitrogens with one attached hydrogen (secondary N) is 2. The van der Waals surface area contributed by atoms with E-state index in [0.29, 0.717) is 18.5 Å². The van der Waals surface area contributed by atoms with E-state index in [1.165, 1.54) is 0 Å². The topological polar surface area (TPSA) is 80.0 Å². The summed E-state index contributed by atoms with van der Waals surface area (Å²) in [6.45, 7) is 4.29. The molecule has 0 aliphatic rings. The number of halogens is 2. The highest BCUT2D eigenvalue weighted by atomic mass is 19.1. The lowest BCUT2D eigenvalue weighted by atomic mass is 10.2. The lowest BCUT2D eigenvalue weighted by molar-refractivity contribution is -0.119. The number of anilines is 2. The number of rotatable bonds is 5. The van der Waals surface area contributed by atoms with Crippen molar-refractivity contribution in [3.63, 3.8) is 0 Å². The Morgan fingerprint density at radius 3 is 2.72 bits per heavy atom. The molecule has 0 saturated heterocycles. The van der Waals surface area contributed by atoms with Gasteiger partial charge in [0.05, 0.1) is 6.54 Å². The first-order valence-electron chi connectivity index (χ1n) is 5.52. The summed E-state index contributed by atoms with van der Waals surface area (Å²) in [7, 11) is 0. The van der Waals surface area contributed by atoms with E-state index in [9.17, 15) is 13.6 Å². The predicted molar refractivity (Wildman–Crippen MR) is 64.9 cm³/mol. The Morgan fingerprint density at radius 2 is 2.11 bits per heavy atom. The van der Waals surface area contributed by atoms with Gasteiger partial charge in [-0.3, -0.25) is 4.79 Å². The van der Waals surface area contributed by atoms with Crippen molar-refractivity contribution in [3.05, 3.63) is 17.7 Å². The van der Waals surface area contributed by atoms with Gasteiger partial charge in [0.2, 0.25) is 5.91 Å². The van der Waals surface area contributed by atoms with Crippen LogP contribution >= 0.6 is 0 Å². The molecule has 5 nitrogen and oxygen atoms in total. The maximum atomic E-state index is 13.2. The van der Waals surface area contributed by atoms with Crippen LogP contribution in [0.15, 0.2) is 6.07 Å². The van der Waals surface area contributed by atoms with Gasteiger partial charge in [-0.25, -0.2) is 13.8 Å². The van der Waals surface area contributed by atoms with E-state index < -0.39 is 17.5 Å². The number of aromatic nitrogens is 1. The highest BCUT2D eigenvalue weighted by molar-refractivity contribution is 5.80. The molecule has 1 heterocycles. The highest BCUT2D eigenvalue weighted by Crippen LogP contribution is 2.15. The van der Waals surface area contributed by atoms with Gasteiger partial charge in [0.1, 0.15) is 0 Å². The first-order chi connectivity index (χ1) is 8.40. The number of carbonyl (C=O) groups is 1. The first-order valence-corrected chi connectivity index (χ1v) is 5.52. The van der Waals surface area contributed by atoms with E-state index in [4.69, 9.17) is 5.73 Å². The van der Waals surface area contributed by atoms with Gasteiger partial charge in [0.25, 0.3) is 0 Å². The van der Waals surface area contributed by atoms with Gasteiger partial charge in [0, 0.05) is 12.6 Å². The van der Waals surface area contributed by atoms with Crippen LogP contribution < -0.4 is 16.4 Å². The molecule has 18 heavy (non-hydrogen) atoms. The number of amides is 1. The largest absolute Gasteiger partial charge is 0.381 e. The molecular weight excluding hydrogens is 242 g/mol. The molecule has 0 unspecified atom stereocenters. The van der Waals surface area contributed by atoms with E-state index >= 15 is 0 Å². The average Bonchev–Trinajstić information content (AvgIpc) is 2.29. The molecule has 0 bridgehead atoms. The lowest BCUT2D eigenvalue weighted by Crippen LogP contribution is -2.32. The van der Waals surface area contributed by atoms with Crippen molar-refractivity contribution < 1.29 is 13.6 Å². The molecule has 1 amide bonds. The van der Waals surface area contributed by atoms with E-state index in [2.05, 4.69) is 15.6 Å². The van der Waals surface area contributed by atoms with Gasteiger partial charge in [0.15, 0.2) is 23.3 Å². The summed E-state index contributed by atoms with van der Waals surface area (Å²) < 4.78 is 26.1. The summed E-state index contributed by atoms with van der Waals surface area (Å²) >= 11 is 0. The molecule has 4 N–H and O–H groups in total. The number of hydrogen-bond acceptors (Lipinski definition) is 4. The van der Waals surface area contributed by atoms with Crippen molar-refractivity contribution in [1.82, 2.24) is 10.3 Å². The van der Waals surface area contributed by atoms with Gasteiger partial charge in [-0.1, -0.05) is 13.8 Å². The van der Waals surface area contributed by atoms with Gasteiger partial charge in [-0.15, -0.1) is 0 Å². The Bertz CT molecular complexity index is 437. The Balaban J connectivity index is 2.53. The molecule has 1 aromatic heterocycles. The Labute approximate surface area is 104 Å². The van der Waals surface area contributed by atoms with Crippen LogP contribution in [0.2, 0.25) is 0 Å². The molecular formula is C11H16F2N4O. The minimum atomic E-state index is -0.928. The molecule has 0 fully saturated rings. The molecule has 0 aliphatic carbocycles. The quantitative estimate of drug-likeness (QED) is 0.739. The van der Waals surface area contributed by atoms with Crippen LogP contribution in [0.1, 0.15) is 13.8 Å². The molecule has 0 radical (unpaired) electrons. The van der Waals surface area contributed by atoms with Crippen LogP contribution in [0.3, 0.4) is 0 Å². The van der Waals surface area contributed by atoms with Crippen molar-refractivity contribution in [2.45, 2.75) is 13.8 Å². The summed E-state index contributed by atoms with van der Waals surface area (Å²) in [5.41, 5.74) is 5.20. The summed E-state index contributed by atoms with van der Waals surface area (Å²) in [5, 5.41) is 5.10. The molecule has 7 heteroatoms. The number of nitrogen functional groups attached to an aromatic ring is 1. The minimum absolute atomic E-state index is 0.151. The second kappa shape index (κ2) is 6.13. The summed E-state index contributed by atoms with van der Waals surface area (Å²) in [5.74, 6) is -2.45. The average molecular weight is 258 g/mol. The molecule has 0 aliphatic heterocycles. The smallest absolute Gasteiger partial charge is 0.239 e. The van der Waals surface area contributed by atoms with Crippen molar-refractivity contribution >= 4 is 17.5 Å². The lowest BCUT2D eigenvalue weighted by Gasteiger charge is -2.10. The molecule has 0 saturated carbocycles. The van der Waals surface area contributed by atoms with Crippen LogP contribution in [0, 0.1) is 17.6 Å². The molecule has 100 valence electrons. The fourth-order valence-corrected chi connectivity index (χ4v) is 1.15. The zero-order chi connectivity index (χ0) is 13.7. The number of carbonyl (C=O) groups excluding carboxylic acids is 1. The second-order valence-electron chi connectivity index (χ2n) is 4.24. The van der Waals surface area contributed by atoms with Gasteiger partial charge in [-0.05, 0) is 5.92 Å². The molecule has 0 aromatic carbocycles. The summed E-state index contributed by atoms with van der Waals surface area (Å²) in [4.78, 5) is 14.8. The monoisotopic (exact) mass is 258 g/mol. The van der Waals surface area contributed by atoms with Crippen LogP contribution in [0.4, 0.5) is 20.4 Å². The standard InChI is InChI=1S/C11H16F2N4O/c1-6(2)4-15-9(18)5-16-11-8(13)3-7(12)10(14)17-11/h3,6H,4-5H2,1-2H3,(H,15,18)(H3,14,16,17). The van der Waals surface area contributed by atoms with Crippen LogP contribution in [0.25, 0.3) is 0 Å². The van der Waals surface area contributed by atoms with E-state index in [0.717, 1.165) is 0 Å². The number of nitrogens with zero attached hydrogens (tertiary/aromatic N) is 1. The van der Waals surface area contributed by atoms with Gasteiger partial charge >= 0.3 is 0 Å². The molecule has 1 rings (SSSR count). The van der Waals surface area contributed by atoms with Crippen LogP contribution in [-0.4, -0.2) is 24.0 Å². The van der Waals surface area contributed by atoms with Gasteiger partial charge in [-0.2, -0.15) is 0 Å². The zero-order valence-corrected chi connectivity index (χ0v) is 10.3. The summed E-state index contributed by atoms with van der Waals surface area (Å²) in [6.07, 6.45) is 0. The van der Waals surface area contributed by atoms with E-state index in [1.807, 2.05) is 13.8 Å². The normalized spacial score (nSPS) is 10.5. The Kier molecular flexibility index (Phi) is 4.82. The predicted octanol–water partition coefficient (Wildman–Crippen LogP) is 1.13. The van der Waals surface area contributed by atoms with E-state index in [-0.39, 0.29) is 18.3 Å². The fourth-order valence-electron chi connectivity index (χ4n) is 1.15. The fraction of sp³-hybridized carbons (Fsp3) is 0.455. The molecule has 1 aromatic rings. The zero-order valence-electron chi connectivity index (χ0n) is 10.3. The second-order valence-corrected chi connectivity index (χ2v) is 4.24. The van der Waals surface area contributed by atoms with Crippen molar-refractivity contribution in [2.24, 2.45) is 5.92 Å². The Hall–Kier alpha value is -1.92. The first kappa shape index (κ1) is 14.1. The van der Waals surface area contributed by atoms with Gasteiger partial charge < -0.3 is 16.4 Å². The van der Waals surface area contributed by atoms with E-state index in [1.54, 1.807) is 0 Å². The minimum Gasteiger partial charge on any atom is -0.381 e. The third kappa shape index (κ3) is 4.15. The molecule has 0 spiro atoms. The van der Waals surface area contributed by atoms with Crippen molar-refractivity contribution in [3.8, 4) is 0 Å². The number of hydrogen-bond donors (Lipinski definition) is 3. The summed E-state index contributed by atoms with van der Waals surface area (Å²) in [6, 6.07) is 0.622. The van der Waals surface area contributed by atoms with Crippen LogP contribution in [0.5, 0.6) is 0 Å². The maximum absolute atomic E-state index is 13.2. The Morgan fingerprint density at radius 1 is 1.44 bits per heavy atom. The number of nitrogens with two attached hydrogens (primary N) is 1. The number of pyridine rings is 1. The molecule has 0 atom stereocenters. The third-order valence-corrected chi connectivity index (χ3v) is 2.08. The SMILES string of the molecule is CC(C)CNC(=O)CNc1nc(N)c(F)cc1F.